The van der Waals surface area contributed by atoms with E-state index in [4.69, 9.17) is 11.6 Å². The lowest BCUT2D eigenvalue weighted by Gasteiger charge is -2.27. The first kappa shape index (κ1) is 9.94. The molecule has 0 saturated heterocycles. The largest absolute Gasteiger partial charge is 0.387 e. The van der Waals surface area contributed by atoms with Gasteiger partial charge in [0.15, 0.2) is 0 Å². The van der Waals surface area contributed by atoms with Gasteiger partial charge < -0.3 is 5.11 Å². The fourth-order valence-electron chi connectivity index (χ4n) is 2.18. The summed E-state index contributed by atoms with van der Waals surface area (Å²) in [6.45, 7) is 2.15. The molecule has 1 aromatic heterocycles. The van der Waals surface area contributed by atoms with E-state index < -0.39 is 6.10 Å². The summed E-state index contributed by atoms with van der Waals surface area (Å²) in [7, 11) is 0. The first-order valence-corrected chi connectivity index (χ1v) is 5.44. The maximum absolute atomic E-state index is 9.78. The molecule has 1 aliphatic carbocycles. The third-order valence-corrected chi connectivity index (χ3v) is 3.30. The van der Waals surface area contributed by atoms with Gasteiger partial charge in [-0.15, -0.1) is 0 Å². The molecule has 0 unspecified atom stereocenters. The van der Waals surface area contributed by atoms with E-state index in [9.17, 15) is 5.11 Å². The number of hydrogen-bond donors (Lipinski definition) is 1. The number of hydrogen-bond acceptors (Lipinski definition) is 2. The quantitative estimate of drug-likeness (QED) is 0.775. The molecule has 0 saturated carbocycles. The van der Waals surface area contributed by atoms with Crippen LogP contribution in [-0.4, -0.2) is 10.1 Å². The maximum atomic E-state index is 9.78. The van der Waals surface area contributed by atoms with Crippen molar-refractivity contribution in [2.45, 2.75) is 38.2 Å². The van der Waals surface area contributed by atoms with E-state index in [2.05, 4.69) is 11.9 Å². The molecule has 0 spiro atoms. The maximum Gasteiger partial charge on any atom is 0.0963 e. The average Bonchev–Trinajstić information content (AvgIpc) is 2.20. The van der Waals surface area contributed by atoms with Gasteiger partial charge in [-0.2, -0.15) is 0 Å². The fourth-order valence-corrected chi connectivity index (χ4v) is 2.49. The van der Waals surface area contributed by atoms with E-state index in [1.165, 1.54) is 0 Å². The second kappa shape index (κ2) is 3.87. The molecule has 0 aromatic carbocycles. The summed E-state index contributed by atoms with van der Waals surface area (Å²) in [4.78, 5) is 4.22. The van der Waals surface area contributed by atoms with Crippen LogP contribution in [0.2, 0.25) is 5.02 Å². The molecular weight excluding hydrogens is 198 g/mol. The summed E-state index contributed by atoms with van der Waals surface area (Å²) >= 11 is 6.13. The highest BCUT2D eigenvalue weighted by atomic mass is 35.5. The fraction of sp³-hybridized carbons (Fsp3) is 0.545. The van der Waals surface area contributed by atoms with Crippen LogP contribution in [0.25, 0.3) is 0 Å². The molecule has 0 bridgehead atoms. The van der Waals surface area contributed by atoms with E-state index in [-0.39, 0.29) is 0 Å². The zero-order valence-electron chi connectivity index (χ0n) is 8.20. The number of nitrogens with zero attached hydrogens (tertiary/aromatic N) is 1. The Balaban J connectivity index is 2.51. The molecule has 0 radical (unpaired) electrons. The van der Waals surface area contributed by atoms with Crippen molar-refractivity contribution in [1.82, 2.24) is 4.98 Å². The number of aliphatic hydroxyl groups excluding tert-OH is 1. The average molecular weight is 212 g/mol. The SMILES string of the molecule is CC[C@H]1CC[C@H](O)c2nccc(Cl)c21. The molecule has 1 aromatic rings. The van der Waals surface area contributed by atoms with E-state index in [0.29, 0.717) is 5.92 Å². The second-order valence-electron chi connectivity index (χ2n) is 3.79. The summed E-state index contributed by atoms with van der Waals surface area (Å²) < 4.78 is 0. The third-order valence-electron chi connectivity index (χ3n) is 2.97. The Hall–Kier alpha value is -0.600. The lowest BCUT2D eigenvalue weighted by Crippen LogP contribution is -2.16. The van der Waals surface area contributed by atoms with Crippen LogP contribution in [0.1, 0.15) is 49.5 Å². The summed E-state index contributed by atoms with van der Waals surface area (Å²) in [6.07, 6.45) is 4.12. The van der Waals surface area contributed by atoms with Crippen LogP contribution in [0.4, 0.5) is 0 Å². The summed E-state index contributed by atoms with van der Waals surface area (Å²) in [5.41, 5.74) is 1.85. The molecule has 14 heavy (non-hydrogen) atoms. The topological polar surface area (TPSA) is 33.1 Å². The van der Waals surface area contributed by atoms with Crippen molar-refractivity contribution in [3.05, 3.63) is 28.5 Å². The van der Waals surface area contributed by atoms with Crippen molar-refractivity contribution in [2.24, 2.45) is 0 Å². The standard InChI is InChI=1S/C11H14ClNO/c1-2-7-3-4-9(14)11-10(7)8(12)5-6-13-11/h5-7,9,14H,2-4H2,1H3/t7-,9-/m0/s1. The smallest absolute Gasteiger partial charge is 0.0963 e. The zero-order valence-corrected chi connectivity index (χ0v) is 8.96. The van der Waals surface area contributed by atoms with Gasteiger partial charge in [0.1, 0.15) is 0 Å². The lowest BCUT2D eigenvalue weighted by molar-refractivity contribution is 0.145. The predicted molar refractivity (Wildman–Crippen MR) is 56.5 cm³/mol. The third kappa shape index (κ3) is 1.53. The monoisotopic (exact) mass is 211 g/mol. The summed E-state index contributed by atoms with van der Waals surface area (Å²) in [5.74, 6) is 0.467. The minimum Gasteiger partial charge on any atom is -0.387 e. The molecule has 2 nitrogen and oxygen atoms in total. The second-order valence-corrected chi connectivity index (χ2v) is 4.20. The highest BCUT2D eigenvalue weighted by Crippen LogP contribution is 2.41. The van der Waals surface area contributed by atoms with Crippen molar-refractivity contribution in [3.8, 4) is 0 Å². The number of aromatic nitrogens is 1. The Labute approximate surface area is 88.9 Å². The Morgan fingerprint density at radius 2 is 2.36 bits per heavy atom. The molecule has 1 aliphatic rings. The number of halogens is 1. The molecule has 3 heteroatoms. The van der Waals surface area contributed by atoms with Crippen LogP contribution in [0, 0.1) is 0 Å². The van der Waals surface area contributed by atoms with Crippen LogP contribution in [0.3, 0.4) is 0 Å². The van der Waals surface area contributed by atoms with Gasteiger partial charge in [-0.05, 0) is 36.8 Å². The van der Waals surface area contributed by atoms with Crippen molar-refractivity contribution >= 4 is 11.6 Å². The van der Waals surface area contributed by atoms with E-state index >= 15 is 0 Å². The number of pyridine rings is 1. The minimum absolute atomic E-state index is 0.425. The Bertz CT molecular complexity index is 340. The first-order chi connectivity index (χ1) is 6.74. The number of fused-ring (bicyclic) bond motifs is 1. The molecule has 0 fully saturated rings. The van der Waals surface area contributed by atoms with Gasteiger partial charge in [-0.3, -0.25) is 4.98 Å². The van der Waals surface area contributed by atoms with Gasteiger partial charge in [0.05, 0.1) is 11.8 Å². The van der Waals surface area contributed by atoms with E-state index in [0.717, 1.165) is 35.5 Å². The molecule has 1 N–H and O–H groups in total. The molecule has 0 amide bonds. The van der Waals surface area contributed by atoms with Crippen molar-refractivity contribution in [2.75, 3.05) is 0 Å². The molecule has 2 rings (SSSR count). The van der Waals surface area contributed by atoms with Gasteiger partial charge in [0, 0.05) is 11.2 Å². The lowest BCUT2D eigenvalue weighted by atomic mass is 9.82. The van der Waals surface area contributed by atoms with Crippen molar-refractivity contribution in [3.63, 3.8) is 0 Å². The van der Waals surface area contributed by atoms with Crippen molar-refractivity contribution < 1.29 is 5.11 Å². The predicted octanol–water partition coefficient (Wildman–Crippen LogP) is 3.06. The molecule has 76 valence electrons. The van der Waals surface area contributed by atoms with E-state index in [1.54, 1.807) is 12.3 Å². The number of aliphatic hydroxyl groups is 1. The molecule has 1 heterocycles. The normalized spacial score (nSPS) is 25.9. The van der Waals surface area contributed by atoms with Gasteiger partial charge in [-0.25, -0.2) is 0 Å². The first-order valence-electron chi connectivity index (χ1n) is 5.06. The van der Waals surface area contributed by atoms with Gasteiger partial charge >= 0.3 is 0 Å². The van der Waals surface area contributed by atoms with Crippen molar-refractivity contribution in [1.29, 1.82) is 0 Å². The minimum atomic E-state index is -0.425. The van der Waals surface area contributed by atoms with Crippen LogP contribution in [0.15, 0.2) is 12.3 Å². The molecule has 2 atom stereocenters. The van der Waals surface area contributed by atoms with Crippen LogP contribution in [-0.2, 0) is 0 Å². The molecule has 0 aliphatic heterocycles. The van der Waals surface area contributed by atoms with Crippen LogP contribution >= 0.6 is 11.6 Å². The summed E-state index contributed by atoms with van der Waals surface area (Å²) in [5, 5.41) is 10.5. The zero-order chi connectivity index (χ0) is 10.1. The Kier molecular flexibility index (Phi) is 2.75. The Morgan fingerprint density at radius 1 is 1.57 bits per heavy atom. The van der Waals surface area contributed by atoms with E-state index in [1.807, 2.05) is 0 Å². The number of rotatable bonds is 1. The Morgan fingerprint density at radius 3 is 3.07 bits per heavy atom. The van der Waals surface area contributed by atoms with Gasteiger partial charge in [0.25, 0.3) is 0 Å². The van der Waals surface area contributed by atoms with Crippen LogP contribution < -0.4 is 0 Å². The summed E-state index contributed by atoms with van der Waals surface area (Å²) in [6, 6.07) is 1.81. The van der Waals surface area contributed by atoms with Gasteiger partial charge in [0.2, 0.25) is 0 Å². The highest BCUT2D eigenvalue weighted by molar-refractivity contribution is 6.31. The highest BCUT2D eigenvalue weighted by Gasteiger charge is 2.27. The van der Waals surface area contributed by atoms with Crippen LogP contribution in [0.5, 0.6) is 0 Å². The molecular formula is C11H14ClNO. The van der Waals surface area contributed by atoms with Gasteiger partial charge in [-0.1, -0.05) is 18.5 Å².